The normalized spacial score (nSPS) is 12.6. The number of rotatable bonds is 6. The Balaban J connectivity index is 1.80. The maximum atomic E-state index is 12.2. The Morgan fingerprint density at radius 3 is 2.56 bits per heavy atom. The van der Waals surface area contributed by atoms with Crippen LogP contribution in [0.4, 0.5) is 0 Å². The molecule has 0 spiro atoms. The van der Waals surface area contributed by atoms with Gasteiger partial charge in [-0.25, -0.2) is 4.98 Å². The molecule has 0 fully saturated rings. The van der Waals surface area contributed by atoms with E-state index in [0.29, 0.717) is 18.1 Å². The molecule has 0 bridgehead atoms. The number of aryl methyl sites for hydroxylation is 1. The van der Waals surface area contributed by atoms with Gasteiger partial charge in [0.05, 0.1) is 5.69 Å². The Morgan fingerprint density at radius 1 is 1.12 bits per heavy atom. The van der Waals surface area contributed by atoms with Crippen molar-refractivity contribution in [3.8, 4) is 0 Å². The minimum Gasteiger partial charge on any atom is -0.304 e. The SMILES string of the molecule is CCc1ccc(C(NCc2cc(=O)n3ccccc3n2)C(C)C)cc1. The molecule has 0 amide bonds. The summed E-state index contributed by atoms with van der Waals surface area (Å²) in [5.74, 6) is 0.439. The summed E-state index contributed by atoms with van der Waals surface area (Å²) < 4.78 is 1.56. The number of hydrogen-bond acceptors (Lipinski definition) is 3. The van der Waals surface area contributed by atoms with Gasteiger partial charge >= 0.3 is 0 Å². The van der Waals surface area contributed by atoms with Crippen molar-refractivity contribution in [2.24, 2.45) is 5.92 Å². The summed E-state index contributed by atoms with van der Waals surface area (Å²) in [5.41, 5.74) is 4.02. The number of nitrogens with zero attached hydrogens (tertiary/aromatic N) is 2. The highest BCUT2D eigenvalue weighted by Gasteiger charge is 2.15. The first-order chi connectivity index (χ1) is 12.1. The molecule has 1 aromatic carbocycles. The van der Waals surface area contributed by atoms with Crippen molar-refractivity contribution in [3.05, 3.63) is 81.9 Å². The van der Waals surface area contributed by atoms with E-state index >= 15 is 0 Å². The minimum atomic E-state index is -0.0456. The number of pyridine rings is 1. The molecule has 0 saturated carbocycles. The van der Waals surface area contributed by atoms with E-state index in [0.717, 1.165) is 12.1 Å². The molecule has 0 aliphatic rings. The summed E-state index contributed by atoms with van der Waals surface area (Å²) in [6, 6.07) is 16.2. The van der Waals surface area contributed by atoms with Gasteiger partial charge in [0.1, 0.15) is 5.65 Å². The topological polar surface area (TPSA) is 46.4 Å². The molecular weight excluding hydrogens is 310 g/mol. The predicted octanol–water partition coefficient (Wildman–Crippen LogP) is 3.74. The van der Waals surface area contributed by atoms with Crippen molar-refractivity contribution < 1.29 is 0 Å². The molecule has 2 heterocycles. The van der Waals surface area contributed by atoms with Crippen LogP contribution in [0.25, 0.3) is 5.65 Å². The Kier molecular flexibility index (Phi) is 5.29. The maximum Gasteiger partial charge on any atom is 0.258 e. The molecule has 1 N–H and O–H groups in total. The standard InChI is InChI=1S/C21H25N3O/c1-4-16-8-10-17(11-9-16)21(15(2)3)22-14-18-13-20(25)24-12-6-5-7-19(24)23-18/h5-13,15,21-22H,4,14H2,1-3H3. The lowest BCUT2D eigenvalue weighted by atomic mass is 9.95. The summed E-state index contributed by atoms with van der Waals surface area (Å²) in [6.07, 6.45) is 2.79. The van der Waals surface area contributed by atoms with Crippen LogP contribution in [0, 0.1) is 5.92 Å². The van der Waals surface area contributed by atoms with Crippen molar-refractivity contribution in [2.45, 2.75) is 39.8 Å². The highest BCUT2D eigenvalue weighted by molar-refractivity contribution is 5.38. The van der Waals surface area contributed by atoms with E-state index in [4.69, 9.17) is 0 Å². The zero-order valence-electron chi connectivity index (χ0n) is 15.1. The van der Waals surface area contributed by atoms with Crippen LogP contribution in [0.5, 0.6) is 0 Å². The van der Waals surface area contributed by atoms with E-state index in [-0.39, 0.29) is 11.6 Å². The van der Waals surface area contributed by atoms with Gasteiger partial charge in [-0.1, -0.05) is 51.1 Å². The fourth-order valence-corrected chi connectivity index (χ4v) is 3.11. The molecule has 0 saturated heterocycles. The van der Waals surface area contributed by atoms with Crippen molar-refractivity contribution in [2.75, 3.05) is 0 Å². The van der Waals surface area contributed by atoms with Crippen molar-refractivity contribution in [3.63, 3.8) is 0 Å². The van der Waals surface area contributed by atoms with Crippen LogP contribution in [0.3, 0.4) is 0 Å². The van der Waals surface area contributed by atoms with Crippen LogP contribution in [0.2, 0.25) is 0 Å². The lowest BCUT2D eigenvalue weighted by Crippen LogP contribution is -2.27. The van der Waals surface area contributed by atoms with Gasteiger partial charge in [-0.3, -0.25) is 9.20 Å². The molecule has 4 nitrogen and oxygen atoms in total. The molecule has 2 aromatic heterocycles. The third kappa shape index (κ3) is 3.97. The van der Waals surface area contributed by atoms with Gasteiger partial charge in [0.2, 0.25) is 0 Å². The fraction of sp³-hybridized carbons (Fsp3) is 0.333. The summed E-state index contributed by atoms with van der Waals surface area (Å²) >= 11 is 0. The molecule has 4 heteroatoms. The number of nitrogens with one attached hydrogen (secondary N) is 1. The highest BCUT2D eigenvalue weighted by Crippen LogP contribution is 2.22. The van der Waals surface area contributed by atoms with Gasteiger partial charge < -0.3 is 5.32 Å². The second-order valence-electron chi connectivity index (χ2n) is 6.71. The molecule has 0 radical (unpaired) electrons. The Labute approximate surface area is 148 Å². The van der Waals surface area contributed by atoms with Gasteiger partial charge in [0, 0.05) is 24.8 Å². The van der Waals surface area contributed by atoms with Crippen LogP contribution < -0.4 is 10.9 Å². The number of hydrogen-bond donors (Lipinski definition) is 1. The monoisotopic (exact) mass is 335 g/mol. The number of benzene rings is 1. The lowest BCUT2D eigenvalue weighted by Gasteiger charge is -2.23. The van der Waals surface area contributed by atoms with E-state index in [9.17, 15) is 4.79 Å². The first-order valence-corrected chi connectivity index (χ1v) is 8.88. The molecule has 3 aromatic rings. The van der Waals surface area contributed by atoms with Gasteiger partial charge in [0.25, 0.3) is 5.56 Å². The van der Waals surface area contributed by atoms with Crippen molar-refractivity contribution in [1.29, 1.82) is 0 Å². The Hall–Kier alpha value is -2.46. The van der Waals surface area contributed by atoms with Gasteiger partial charge in [-0.2, -0.15) is 0 Å². The number of fused-ring (bicyclic) bond motifs is 1. The van der Waals surface area contributed by atoms with Gasteiger partial charge in [0.15, 0.2) is 0 Å². The van der Waals surface area contributed by atoms with Crippen molar-refractivity contribution in [1.82, 2.24) is 14.7 Å². The first kappa shape index (κ1) is 17.4. The third-order valence-electron chi connectivity index (χ3n) is 4.54. The summed E-state index contributed by atoms with van der Waals surface area (Å²) in [6.45, 7) is 7.14. The second-order valence-corrected chi connectivity index (χ2v) is 6.71. The quantitative estimate of drug-likeness (QED) is 0.746. The average molecular weight is 335 g/mol. The second kappa shape index (κ2) is 7.62. The fourth-order valence-electron chi connectivity index (χ4n) is 3.11. The molecule has 3 rings (SSSR count). The molecule has 1 atom stereocenters. The average Bonchev–Trinajstić information content (AvgIpc) is 2.62. The molecule has 1 unspecified atom stereocenters. The van der Waals surface area contributed by atoms with Gasteiger partial charge in [-0.15, -0.1) is 0 Å². The number of aromatic nitrogens is 2. The maximum absolute atomic E-state index is 12.2. The zero-order chi connectivity index (χ0) is 17.8. The summed E-state index contributed by atoms with van der Waals surface area (Å²) in [5, 5.41) is 3.57. The van der Waals surface area contributed by atoms with Gasteiger partial charge in [-0.05, 0) is 35.6 Å². The van der Waals surface area contributed by atoms with E-state index in [1.165, 1.54) is 11.1 Å². The predicted molar refractivity (Wildman–Crippen MR) is 102 cm³/mol. The van der Waals surface area contributed by atoms with Crippen LogP contribution in [0.15, 0.2) is 59.5 Å². The van der Waals surface area contributed by atoms with Crippen LogP contribution >= 0.6 is 0 Å². The Morgan fingerprint density at radius 2 is 1.88 bits per heavy atom. The highest BCUT2D eigenvalue weighted by atomic mass is 16.1. The van der Waals surface area contributed by atoms with Crippen LogP contribution in [0.1, 0.15) is 43.6 Å². The lowest BCUT2D eigenvalue weighted by molar-refractivity contribution is 0.408. The van der Waals surface area contributed by atoms with Crippen LogP contribution in [-0.4, -0.2) is 9.38 Å². The van der Waals surface area contributed by atoms with Crippen LogP contribution in [-0.2, 0) is 13.0 Å². The van der Waals surface area contributed by atoms with Crippen molar-refractivity contribution >= 4 is 5.65 Å². The third-order valence-corrected chi connectivity index (χ3v) is 4.54. The molecular formula is C21H25N3O. The first-order valence-electron chi connectivity index (χ1n) is 8.88. The Bertz CT molecular complexity index is 897. The summed E-state index contributed by atoms with van der Waals surface area (Å²) in [7, 11) is 0. The van der Waals surface area contributed by atoms with E-state index < -0.39 is 0 Å². The largest absolute Gasteiger partial charge is 0.304 e. The minimum absolute atomic E-state index is 0.0456. The smallest absolute Gasteiger partial charge is 0.258 e. The van der Waals surface area contributed by atoms with E-state index in [1.807, 2.05) is 18.2 Å². The van der Waals surface area contributed by atoms with E-state index in [1.54, 1.807) is 16.7 Å². The molecule has 0 aliphatic heterocycles. The van der Waals surface area contributed by atoms with E-state index in [2.05, 4.69) is 55.3 Å². The summed E-state index contributed by atoms with van der Waals surface area (Å²) in [4.78, 5) is 16.8. The molecule has 25 heavy (non-hydrogen) atoms. The molecule has 130 valence electrons. The zero-order valence-corrected chi connectivity index (χ0v) is 15.1. The molecule has 0 aliphatic carbocycles.